The minimum Gasteiger partial charge on any atom is -0.458 e. The van der Waals surface area contributed by atoms with Gasteiger partial charge in [-0.15, -0.1) is 0 Å². The number of esters is 1. The van der Waals surface area contributed by atoms with Crippen molar-refractivity contribution in [2.24, 2.45) is 29.6 Å². The van der Waals surface area contributed by atoms with Crippen LogP contribution in [0.2, 0.25) is 0 Å². The standard InChI is InChI=1S/C47H77NO14/c1-26-23-46(9,56-13)41(62-44-38(54-11)34(22-27(2)58-44)48(10)20-17-21-57-25-33-18-15-14-16-19-33)29(4)37(60-35-24-45(8,55-12)40(51)32(7)59-35)30(5)43(52)61-42-31(6)47(42,53)39(50)28(3)36(26)49/h14-16,18-19,26-32,34-35,37-42,44,50-51,53H,17,20-25H2,1-13H3/t26-,27-,28+,29+,30-,31?,32+,34+,35+,37+,38-,39-,40+,41-,42-,44+,45-,46+,47+/m1/s1. The number of hydrogen-bond acceptors (Lipinski definition) is 15. The van der Waals surface area contributed by atoms with E-state index in [1.807, 2.05) is 51.1 Å². The number of hydrogen-bond donors (Lipinski definition) is 3. The van der Waals surface area contributed by atoms with Crippen molar-refractivity contribution in [3.05, 3.63) is 35.9 Å². The summed E-state index contributed by atoms with van der Waals surface area (Å²) in [7, 11) is 6.77. The average Bonchev–Trinajstić information content (AvgIpc) is 3.78. The minimum atomic E-state index is -1.81. The van der Waals surface area contributed by atoms with Crippen LogP contribution in [-0.2, 0) is 58.8 Å². The molecular formula is C47H77NO14. The second-order valence-electron chi connectivity index (χ2n) is 19.2. The number of aliphatic hydroxyl groups excluding tert-OH is 2. The molecule has 1 saturated carbocycles. The molecule has 354 valence electrons. The van der Waals surface area contributed by atoms with Crippen molar-refractivity contribution in [2.45, 2.75) is 179 Å². The zero-order chi connectivity index (χ0) is 45.9. The number of ether oxygens (including phenoxy) is 9. The summed E-state index contributed by atoms with van der Waals surface area (Å²) in [5, 5.41) is 34.2. The molecule has 1 aromatic carbocycles. The number of ketones is 1. The molecular weight excluding hydrogens is 803 g/mol. The molecule has 0 spiro atoms. The molecule has 3 heterocycles. The molecule has 5 rings (SSSR count). The van der Waals surface area contributed by atoms with E-state index in [9.17, 15) is 24.9 Å². The molecule has 4 fully saturated rings. The van der Waals surface area contributed by atoms with Gasteiger partial charge in [0.25, 0.3) is 0 Å². The fraction of sp³-hybridized carbons (Fsp3) is 0.830. The number of fused-ring (bicyclic) bond motifs is 1. The van der Waals surface area contributed by atoms with E-state index in [4.69, 9.17) is 42.6 Å². The maximum absolute atomic E-state index is 14.3. The molecule has 0 bridgehead atoms. The van der Waals surface area contributed by atoms with Gasteiger partial charge in [-0.05, 0) is 66.5 Å². The fourth-order valence-electron chi connectivity index (χ4n) is 10.3. The van der Waals surface area contributed by atoms with Crippen molar-refractivity contribution < 1.29 is 67.5 Å². The van der Waals surface area contributed by atoms with E-state index in [-0.39, 0.29) is 30.8 Å². The van der Waals surface area contributed by atoms with Crippen LogP contribution in [0.1, 0.15) is 93.6 Å². The van der Waals surface area contributed by atoms with Gasteiger partial charge in [-0.25, -0.2) is 0 Å². The van der Waals surface area contributed by atoms with Crippen molar-refractivity contribution in [3.8, 4) is 0 Å². The topological polar surface area (TPSA) is 181 Å². The van der Waals surface area contributed by atoms with Crippen LogP contribution in [0.5, 0.6) is 0 Å². The van der Waals surface area contributed by atoms with Crippen LogP contribution in [0.15, 0.2) is 30.3 Å². The summed E-state index contributed by atoms with van der Waals surface area (Å²) < 4.78 is 57.3. The first-order chi connectivity index (χ1) is 29.2. The highest BCUT2D eigenvalue weighted by molar-refractivity contribution is 5.84. The van der Waals surface area contributed by atoms with Gasteiger partial charge in [0.2, 0.25) is 0 Å². The average molecular weight is 880 g/mol. The highest BCUT2D eigenvalue weighted by Gasteiger charge is 2.70. The summed E-state index contributed by atoms with van der Waals surface area (Å²) >= 11 is 0. The third-order valence-electron chi connectivity index (χ3n) is 14.7. The lowest BCUT2D eigenvalue weighted by atomic mass is 9.75. The summed E-state index contributed by atoms with van der Waals surface area (Å²) in [6, 6.07) is 9.97. The second kappa shape index (κ2) is 21.0. The number of carbonyl (C=O) groups is 2. The van der Waals surface area contributed by atoms with Crippen molar-refractivity contribution in [3.63, 3.8) is 0 Å². The van der Waals surface area contributed by atoms with E-state index in [1.165, 1.54) is 7.11 Å². The Balaban J connectivity index is 1.49. The third-order valence-corrected chi connectivity index (χ3v) is 14.7. The number of Topliss-reactive ketones (excluding diaryl/α,β-unsaturated/α-hetero) is 1. The van der Waals surface area contributed by atoms with Gasteiger partial charge in [0.1, 0.15) is 29.7 Å². The van der Waals surface area contributed by atoms with Crippen LogP contribution in [0.3, 0.4) is 0 Å². The normalized spacial score (nSPS) is 44.7. The van der Waals surface area contributed by atoms with Gasteiger partial charge in [-0.3, -0.25) is 9.59 Å². The maximum atomic E-state index is 14.3. The highest BCUT2D eigenvalue weighted by atomic mass is 16.7. The summed E-state index contributed by atoms with van der Waals surface area (Å²) in [4.78, 5) is 30.7. The lowest BCUT2D eigenvalue weighted by Gasteiger charge is -2.50. The molecule has 15 nitrogen and oxygen atoms in total. The number of rotatable bonds is 14. The van der Waals surface area contributed by atoms with E-state index in [0.29, 0.717) is 19.6 Å². The maximum Gasteiger partial charge on any atom is 0.311 e. The molecule has 3 N–H and O–H groups in total. The van der Waals surface area contributed by atoms with Crippen LogP contribution < -0.4 is 0 Å². The lowest BCUT2D eigenvalue weighted by molar-refractivity contribution is -0.321. The summed E-state index contributed by atoms with van der Waals surface area (Å²) in [5.41, 5.74) is -2.94. The molecule has 62 heavy (non-hydrogen) atoms. The number of nitrogens with zero attached hydrogens (tertiary/aromatic N) is 1. The van der Waals surface area contributed by atoms with Gasteiger partial charge < -0.3 is 62.9 Å². The first kappa shape index (κ1) is 50.9. The van der Waals surface area contributed by atoms with Crippen LogP contribution >= 0.6 is 0 Å². The quantitative estimate of drug-likeness (QED) is 0.178. The van der Waals surface area contributed by atoms with Gasteiger partial charge in [-0.2, -0.15) is 0 Å². The van der Waals surface area contributed by atoms with Crippen LogP contribution in [0.4, 0.5) is 0 Å². The van der Waals surface area contributed by atoms with Gasteiger partial charge in [0.05, 0.1) is 54.2 Å². The molecule has 1 unspecified atom stereocenters. The SMILES string of the molecule is CO[C@H]1[C@H](O[C@@H]2[C@@H](C)[C@H](O[C@H]3C[C@@](C)(OC)[C@@H](O)[C@H](C)O3)[C@@H](C)C(=O)O[C@@H]3C(C)[C@]3(O)[C@H](O)[C@@H](C)C(=O)[C@H](C)C[C@]2(C)OC)O[C@H](C)C[C@@H]1N(C)CCCOCc1ccccc1. The number of carbonyl (C=O) groups excluding carboxylic acids is 2. The van der Waals surface area contributed by atoms with E-state index < -0.39 is 108 Å². The smallest absolute Gasteiger partial charge is 0.311 e. The first-order valence-corrected chi connectivity index (χ1v) is 22.6. The first-order valence-electron chi connectivity index (χ1n) is 22.6. The van der Waals surface area contributed by atoms with Crippen LogP contribution in [0, 0.1) is 29.6 Å². The Hall–Kier alpha value is -2.12. The largest absolute Gasteiger partial charge is 0.458 e. The minimum absolute atomic E-state index is 0.108. The van der Waals surface area contributed by atoms with E-state index >= 15 is 0 Å². The molecule has 0 amide bonds. The Kier molecular flexibility index (Phi) is 17.2. The van der Waals surface area contributed by atoms with Crippen molar-refractivity contribution >= 4 is 11.8 Å². The van der Waals surface area contributed by atoms with Crippen LogP contribution in [0.25, 0.3) is 0 Å². The Bertz CT molecular complexity index is 1610. The molecule has 1 aliphatic carbocycles. The molecule has 3 saturated heterocycles. The van der Waals surface area contributed by atoms with Crippen molar-refractivity contribution in [1.82, 2.24) is 4.90 Å². The number of aliphatic hydroxyl groups is 3. The van der Waals surface area contributed by atoms with Gasteiger partial charge in [-0.1, -0.05) is 58.0 Å². The van der Waals surface area contributed by atoms with E-state index in [1.54, 1.807) is 55.8 Å². The molecule has 0 aromatic heterocycles. The number of methoxy groups -OCH3 is 3. The van der Waals surface area contributed by atoms with Gasteiger partial charge >= 0.3 is 5.97 Å². The van der Waals surface area contributed by atoms with Crippen molar-refractivity contribution in [1.29, 1.82) is 0 Å². The number of likely N-dealkylation sites (N-methyl/N-ethyl adjacent to an activating group) is 1. The van der Waals surface area contributed by atoms with E-state index in [0.717, 1.165) is 18.5 Å². The molecule has 0 radical (unpaired) electrons. The Morgan fingerprint density at radius 1 is 0.839 bits per heavy atom. The fourth-order valence-corrected chi connectivity index (χ4v) is 10.3. The highest BCUT2D eigenvalue weighted by Crippen LogP contribution is 2.51. The van der Waals surface area contributed by atoms with Gasteiger partial charge in [0, 0.05) is 70.6 Å². The summed E-state index contributed by atoms with van der Waals surface area (Å²) in [6.45, 7) is 17.9. The molecule has 15 heteroatoms. The zero-order valence-electron chi connectivity index (χ0n) is 39.4. The predicted octanol–water partition coefficient (Wildman–Crippen LogP) is 4.29. The molecule has 3 aliphatic heterocycles. The third kappa shape index (κ3) is 10.8. The Labute approximate surface area is 369 Å². The van der Waals surface area contributed by atoms with Gasteiger partial charge in [0.15, 0.2) is 12.6 Å². The van der Waals surface area contributed by atoms with Crippen LogP contribution in [-0.4, -0.2) is 158 Å². The second-order valence-corrected chi connectivity index (χ2v) is 19.2. The monoisotopic (exact) mass is 880 g/mol. The Morgan fingerprint density at radius 2 is 1.50 bits per heavy atom. The summed E-state index contributed by atoms with van der Waals surface area (Å²) in [6.07, 6.45) is -6.92. The predicted molar refractivity (Wildman–Crippen MR) is 229 cm³/mol. The number of benzene rings is 1. The summed E-state index contributed by atoms with van der Waals surface area (Å²) in [5.74, 6) is -4.88. The van der Waals surface area contributed by atoms with Crippen molar-refractivity contribution in [2.75, 3.05) is 41.5 Å². The zero-order valence-corrected chi connectivity index (χ0v) is 39.4. The lowest BCUT2D eigenvalue weighted by Crippen LogP contribution is -2.61. The Morgan fingerprint density at radius 3 is 2.13 bits per heavy atom. The van der Waals surface area contributed by atoms with E-state index in [2.05, 4.69) is 11.9 Å². The molecule has 4 aliphatic rings. The molecule has 1 aromatic rings. The molecule has 19 atom stereocenters.